The van der Waals surface area contributed by atoms with Crippen molar-refractivity contribution in [3.8, 4) is 11.3 Å². The van der Waals surface area contributed by atoms with Crippen molar-refractivity contribution in [3.63, 3.8) is 0 Å². The first kappa shape index (κ1) is 21.3. The normalized spacial score (nSPS) is 10.8. The van der Waals surface area contributed by atoms with E-state index in [2.05, 4.69) is 34.3 Å². The van der Waals surface area contributed by atoms with Gasteiger partial charge in [0.1, 0.15) is 5.69 Å². The zero-order valence-electron chi connectivity index (χ0n) is 17.5. The van der Waals surface area contributed by atoms with Crippen LogP contribution in [0.15, 0.2) is 47.3 Å². The number of carbonyl (C=O) groups is 1. The minimum atomic E-state index is -1.08. The lowest BCUT2D eigenvalue weighted by Crippen LogP contribution is -2.50. The number of hydrogen-bond donors (Lipinski definition) is 2. The number of nitrogens with one attached hydrogen (secondary N) is 1. The first-order valence-electron chi connectivity index (χ1n) is 9.89. The highest BCUT2D eigenvalue weighted by molar-refractivity contribution is 5.97. The number of rotatable bonds is 4. The van der Waals surface area contributed by atoms with E-state index in [1.807, 2.05) is 37.3 Å². The molecule has 0 aliphatic rings. The van der Waals surface area contributed by atoms with Crippen LogP contribution in [0.1, 0.15) is 24.6 Å². The van der Waals surface area contributed by atoms with E-state index in [1.54, 1.807) is 0 Å². The van der Waals surface area contributed by atoms with Crippen LogP contribution in [0.4, 0.5) is 0 Å². The average molecular weight is 406 g/mol. The van der Waals surface area contributed by atoms with Gasteiger partial charge in [-0.1, -0.05) is 30.3 Å². The molecular formula is C23H26N4O3. The summed E-state index contributed by atoms with van der Waals surface area (Å²) < 4.78 is 2.28. The van der Waals surface area contributed by atoms with Gasteiger partial charge in [-0.2, -0.15) is 0 Å². The van der Waals surface area contributed by atoms with Gasteiger partial charge in [0, 0.05) is 41.1 Å². The zero-order valence-corrected chi connectivity index (χ0v) is 17.5. The smallest absolute Gasteiger partial charge is 0.275 e. The first-order valence-corrected chi connectivity index (χ1v) is 9.89. The maximum atomic E-state index is 12.9. The molecule has 0 aliphatic heterocycles. The number of aromatic amines is 1. The maximum absolute atomic E-state index is 12.9. The predicted octanol–water partition coefficient (Wildman–Crippen LogP) is 1.55. The van der Waals surface area contributed by atoms with Crippen LogP contribution < -0.4 is 16.4 Å². The van der Waals surface area contributed by atoms with Crippen molar-refractivity contribution in [2.45, 2.75) is 33.7 Å². The molecule has 4 aromatic rings. The summed E-state index contributed by atoms with van der Waals surface area (Å²) in [6, 6.07) is 14.1. The summed E-state index contributed by atoms with van der Waals surface area (Å²) in [5.74, 6) is -1.08. The summed E-state index contributed by atoms with van der Waals surface area (Å²) in [5.41, 5.74) is 10.1. The second kappa shape index (κ2) is 8.92. The second-order valence-corrected chi connectivity index (χ2v) is 7.21. The van der Waals surface area contributed by atoms with Crippen LogP contribution in [0.25, 0.3) is 33.2 Å². The minimum Gasteiger partial charge on any atom is -0.550 e. The van der Waals surface area contributed by atoms with Gasteiger partial charge >= 0.3 is 0 Å². The number of quaternary nitrogens is 1. The molecule has 2 heterocycles. The van der Waals surface area contributed by atoms with Gasteiger partial charge in [-0.15, -0.1) is 0 Å². The van der Waals surface area contributed by atoms with Crippen LogP contribution in [0.2, 0.25) is 0 Å². The Bertz CT molecular complexity index is 1270. The van der Waals surface area contributed by atoms with E-state index in [9.17, 15) is 4.79 Å². The number of hydrogen-bond acceptors (Lipinski definition) is 4. The van der Waals surface area contributed by atoms with Gasteiger partial charge in [-0.3, -0.25) is 4.79 Å². The van der Waals surface area contributed by atoms with Crippen molar-refractivity contribution >= 4 is 27.9 Å². The standard InChI is InChI=1S/C21H22N4O.C2H4O2/c1-13-7-5-9-16-19(13)24-21(26)20(23-16)18-14(2)25(12-6-11-22)17-10-4-3-8-15(17)18;1-2(3)4/h3-5,7-10H,6,11-12,22H2,1-2H3,(H,24,26);1H3,(H,3,4). The number of para-hydroxylation sites is 2. The Labute approximate surface area is 174 Å². The maximum Gasteiger partial charge on any atom is 0.275 e. The number of carboxylic acid groups (broad SMARTS) is 1. The Morgan fingerprint density at radius 2 is 1.87 bits per heavy atom. The second-order valence-electron chi connectivity index (χ2n) is 7.21. The Hall–Kier alpha value is -3.45. The molecule has 0 aliphatic carbocycles. The predicted molar refractivity (Wildman–Crippen MR) is 116 cm³/mol. The minimum absolute atomic E-state index is 0.144. The van der Waals surface area contributed by atoms with E-state index in [4.69, 9.17) is 14.9 Å². The van der Waals surface area contributed by atoms with Gasteiger partial charge < -0.3 is 25.2 Å². The molecule has 0 saturated heterocycles. The Morgan fingerprint density at radius 1 is 1.17 bits per heavy atom. The molecule has 156 valence electrons. The highest BCUT2D eigenvalue weighted by Crippen LogP contribution is 2.32. The quantitative estimate of drug-likeness (QED) is 0.534. The van der Waals surface area contributed by atoms with Gasteiger partial charge in [0.15, 0.2) is 0 Å². The molecule has 0 unspecified atom stereocenters. The molecule has 0 amide bonds. The first-order chi connectivity index (χ1) is 14.3. The molecule has 7 nitrogen and oxygen atoms in total. The summed E-state index contributed by atoms with van der Waals surface area (Å²) in [5, 5.41) is 9.96. The third kappa shape index (κ3) is 4.11. The molecule has 0 radical (unpaired) electrons. The topological polar surface area (TPSA) is 118 Å². The van der Waals surface area contributed by atoms with Crippen molar-refractivity contribution in [3.05, 3.63) is 64.1 Å². The van der Waals surface area contributed by atoms with E-state index in [1.165, 1.54) is 0 Å². The summed E-state index contributed by atoms with van der Waals surface area (Å²) in [6.07, 6.45) is 1.000. The molecule has 0 bridgehead atoms. The van der Waals surface area contributed by atoms with E-state index in [0.717, 1.165) is 65.2 Å². The third-order valence-corrected chi connectivity index (χ3v) is 5.04. The summed E-state index contributed by atoms with van der Waals surface area (Å²) in [7, 11) is 0. The van der Waals surface area contributed by atoms with Crippen molar-refractivity contribution in [1.29, 1.82) is 0 Å². The number of fused-ring (bicyclic) bond motifs is 2. The van der Waals surface area contributed by atoms with Gasteiger partial charge in [-0.05, 0) is 38.5 Å². The highest BCUT2D eigenvalue weighted by Gasteiger charge is 2.19. The number of aryl methyl sites for hydroxylation is 2. The summed E-state index contributed by atoms with van der Waals surface area (Å²) in [4.78, 5) is 29.5. The molecule has 7 heteroatoms. The number of nitrogens with zero attached hydrogens (tertiary/aromatic N) is 2. The summed E-state index contributed by atoms with van der Waals surface area (Å²) >= 11 is 0. The van der Waals surface area contributed by atoms with Crippen molar-refractivity contribution in [2.75, 3.05) is 6.54 Å². The lowest BCUT2D eigenvalue weighted by atomic mass is 10.1. The van der Waals surface area contributed by atoms with Crippen molar-refractivity contribution in [2.24, 2.45) is 0 Å². The molecule has 4 N–H and O–H groups in total. The molecule has 0 saturated carbocycles. The number of aliphatic carboxylic acids is 1. The molecule has 0 fully saturated rings. The molecule has 30 heavy (non-hydrogen) atoms. The molecule has 4 rings (SSSR count). The number of H-pyrrole nitrogens is 1. The number of benzene rings is 2. The Morgan fingerprint density at radius 3 is 2.57 bits per heavy atom. The molecule has 0 atom stereocenters. The van der Waals surface area contributed by atoms with Crippen LogP contribution in [0.3, 0.4) is 0 Å². The number of carbonyl (C=O) groups excluding carboxylic acids is 1. The largest absolute Gasteiger partial charge is 0.550 e. The third-order valence-electron chi connectivity index (χ3n) is 5.04. The van der Waals surface area contributed by atoms with E-state index in [0.29, 0.717) is 5.69 Å². The monoisotopic (exact) mass is 406 g/mol. The van der Waals surface area contributed by atoms with Crippen LogP contribution in [0.5, 0.6) is 0 Å². The van der Waals surface area contributed by atoms with Crippen LogP contribution in [-0.2, 0) is 11.3 Å². The molecule has 2 aromatic heterocycles. The van der Waals surface area contributed by atoms with Gasteiger partial charge in [-0.25, -0.2) is 4.98 Å². The Kier molecular flexibility index (Phi) is 6.32. The van der Waals surface area contributed by atoms with Crippen LogP contribution >= 0.6 is 0 Å². The van der Waals surface area contributed by atoms with Crippen molar-refractivity contribution in [1.82, 2.24) is 14.5 Å². The molecule has 2 aromatic carbocycles. The summed E-state index contributed by atoms with van der Waals surface area (Å²) in [6.45, 7) is 6.80. The van der Waals surface area contributed by atoms with Crippen molar-refractivity contribution < 1.29 is 15.6 Å². The fraction of sp³-hybridized carbons (Fsp3) is 0.261. The SMILES string of the molecule is CC(=O)[O-].Cc1cccc2nc(-c3c(C)n(CCC[NH3+])c4ccccc34)c(=O)[nH]c12. The van der Waals surface area contributed by atoms with Gasteiger partial charge in [0.2, 0.25) is 0 Å². The van der Waals surface area contributed by atoms with E-state index in [-0.39, 0.29) is 5.56 Å². The van der Waals surface area contributed by atoms with Crippen LogP contribution in [0, 0.1) is 13.8 Å². The lowest BCUT2D eigenvalue weighted by molar-refractivity contribution is -0.368. The molecular weight excluding hydrogens is 380 g/mol. The Balaban J connectivity index is 0.000000589. The fourth-order valence-corrected chi connectivity index (χ4v) is 3.71. The lowest BCUT2D eigenvalue weighted by Gasteiger charge is -2.08. The number of carboxylic acids is 1. The fourth-order valence-electron chi connectivity index (χ4n) is 3.71. The van der Waals surface area contributed by atoms with E-state index >= 15 is 0 Å². The highest BCUT2D eigenvalue weighted by atomic mass is 16.4. The van der Waals surface area contributed by atoms with E-state index < -0.39 is 5.97 Å². The molecule has 0 spiro atoms. The van der Waals surface area contributed by atoms with Gasteiger partial charge in [0.25, 0.3) is 5.56 Å². The van der Waals surface area contributed by atoms with Crippen LogP contribution in [-0.4, -0.2) is 27.0 Å². The average Bonchev–Trinajstić information content (AvgIpc) is 2.97. The van der Waals surface area contributed by atoms with Gasteiger partial charge in [0.05, 0.1) is 17.6 Å². The zero-order chi connectivity index (χ0) is 21.8. The number of aromatic nitrogens is 3.